The van der Waals surface area contributed by atoms with Crippen LogP contribution in [0.4, 0.5) is 5.69 Å². The van der Waals surface area contributed by atoms with E-state index in [1.165, 1.54) is 27.9 Å². The summed E-state index contributed by atoms with van der Waals surface area (Å²) in [6.07, 6.45) is 1.11. The van der Waals surface area contributed by atoms with Gasteiger partial charge in [-0.1, -0.05) is 6.07 Å². The Bertz CT molecular complexity index is 319. The van der Waals surface area contributed by atoms with E-state index in [0.29, 0.717) is 0 Å². The highest BCUT2D eigenvalue weighted by Gasteiger charge is 2.07. The average Bonchev–Trinajstić information content (AvgIpc) is 2.20. The van der Waals surface area contributed by atoms with Gasteiger partial charge in [0.05, 0.1) is 0 Å². The molecule has 0 radical (unpaired) electrons. The van der Waals surface area contributed by atoms with Gasteiger partial charge in [0.15, 0.2) is 0 Å². The molecule has 0 aromatic heterocycles. The fourth-order valence-electron chi connectivity index (χ4n) is 1.77. The van der Waals surface area contributed by atoms with Crippen LogP contribution in [0.15, 0.2) is 6.07 Å². The van der Waals surface area contributed by atoms with Gasteiger partial charge >= 0.3 is 0 Å². The van der Waals surface area contributed by atoms with Gasteiger partial charge in [-0.25, -0.2) is 0 Å². The molecule has 84 valence electrons. The molecule has 0 aliphatic rings. The Morgan fingerprint density at radius 2 is 1.60 bits per heavy atom. The first kappa shape index (κ1) is 12.4. The summed E-state index contributed by atoms with van der Waals surface area (Å²) >= 11 is 4.22. The Kier molecular flexibility index (Phi) is 4.52. The molecular weight excluding hydrogens is 202 g/mol. The summed E-state index contributed by atoms with van der Waals surface area (Å²) in [5.74, 6) is 0.940. The molecule has 2 heteroatoms. The second-order valence-electron chi connectivity index (χ2n) is 4.14. The third kappa shape index (κ3) is 2.91. The zero-order valence-electron chi connectivity index (χ0n) is 10.1. The number of aryl methyl sites for hydroxylation is 2. The molecule has 1 aromatic carbocycles. The molecule has 1 aromatic rings. The van der Waals surface area contributed by atoms with E-state index in [4.69, 9.17) is 0 Å². The van der Waals surface area contributed by atoms with Crippen LogP contribution < -0.4 is 5.32 Å². The number of nitrogens with one attached hydrogen (secondary N) is 1. The van der Waals surface area contributed by atoms with Crippen molar-refractivity contribution in [3.8, 4) is 0 Å². The van der Waals surface area contributed by atoms with Gasteiger partial charge in [-0.15, -0.1) is 0 Å². The summed E-state index contributed by atoms with van der Waals surface area (Å²) in [6, 6.07) is 2.26. The van der Waals surface area contributed by atoms with E-state index in [-0.39, 0.29) is 0 Å². The summed E-state index contributed by atoms with van der Waals surface area (Å²) in [6.45, 7) is 9.72. The van der Waals surface area contributed by atoms with Crippen molar-refractivity contribution in [2.24, 2.45) is 0 Å². The van der Waals surface area contributed by atoms with Gasteiger partial charge in [0.2, 0.25) is 0 Å². The number of thiol groups is 1. The molecule has 0 unspecified atom stereocenters. The lowest BCUT2D eigenvalue weighted by Crippen LogP contribution is -2.07. The minimum Gasteiger partial charge on any atom is -0.385 e. The van der Waals surface area contributed by atoms with Crippen LogP contribution >= 0.6 is 12.6 Å². The Balaban J connectivity index is 2.94. The van der Waals surface area contributed by atoms with Gasteiger partial charge in [-0.2, -0.15) is 12.6 Å². The van der Waals surface area contributed by atoms with Crippen LogP contribution in [0.25, 0.3) is 0 Å². The van der Waals surface area contributed by atoms with Crippen LogP contribution in [0.5, 0.6) is 0 Å². The van der Waals surface area contributed by atoms with Gasteiger partial charge in [0.25, 0.3) is 0 Å². The first-order chi connectivity index (χ1) is 7.07. The highest BCUT2D eigenvalue weighted by molar-refractivity contribution is 7.80. The van der Waals surface area contributed by atoms with Gasteiger partial charge < -0.3 is 5.32 Å². The first-order valence-electron chi connectivity index (χ1n) is 5.50. The molecule has 0 bridgehead atoms. The van der Waals surface area contributed by atoms with Crippen LogP contribution in [0.1, 0.15) is 28.7 Å². The number of benzene rings is 1. The minimum atomic E-state index is 0.940. The minimum absolute atomic E-state index is 0.940. The SMILES string of the molecule is Cc1cc(C)c(C)c(NCCCS)c1C. The lowest BCUT2D eigenvalue weighted by Gasteiger charge is -2.16. The molecule has 1 rings (SSSR count). The Morgan fingerprint density at radius 3 is 2.07 bits per heavy atom. The van der Waals surface area contributed by atoms with Crippen molar-refractivity contribution in [2.45, 2.75) is 34.1 Å². The first-order valence-corrected chi connectivity index (χ1v) is 6.13. The highest BCUT2D eigenvalue weighted by Crippen LogP contribution is 2.26. The zero-order chi connectivity index (χ0) is 11.4. The molecule has 1 nitrogen and oxygen atoms in total. The fraction of sp³-hybridized carbons (Fsp3) is 0.538. The van der Waals surface area contributed by atoms with Crippen molar-refractivity contribution in [1.82, 2.24) is 0 Å². The average molecular weight is 223 g/mol. The van der Waals surface area contributed by atoms with Crippen LogP contribution in [0.3, 0.4) is 0 Å². The van der Waals surface area contributed by atoms with Gasteiger partial charge in [0.1, 0.15) is 0 Å². The van der Waals surface area contributed by atoms with Crippen molar-refractivity contribution >= 4 is 18.3 Å². The second-order valence-corrected chi connectivity index (χ2v) is 4.59. The largest absolute Gasteiger partial charge is 0.385 e. The van der Waals surface area contributed by atoms with E-state index in [9.17, 15) is 0 Å². The molecule has 0 amide bonds. The number of hydrogen-bond donors (Lipinski definition) is 2. The van der Waals surface area contributed by atoms with Crippen LogP contribution in [-0.4, -0.2) is 12.3 Å². The van der Waals surface area contributed by atoms with Gasteiger partial charge in [-0.3, -0.25) is 0 Å². The predicted octanol–water partition coefficient (Wildman–Crippen LogP) is 3.65. The van der Waals surface area contributed by atoms with E-state index in [1.54, 1.807) is 0 Å². The van der Waals surface area contributed by atoms with Gasteiger partial charge in [0, 0.05) is 12.2 Å². The van der Waals surface area contributed by atoms with Crippen LogP contribution in [0.2, 0.25) is 0 Å². The Labute approximate surface area is 98.7 Å². The predicted molar refractivity (Wildman–Crippen MR) is 72.3 cm³/mol. The maximum absolute atomic E-state index is 4.22. The summed E-state index contributed by atoms with van der Waals surface area (Å²) in [5, 5.41) is 3.51. The van der Waals surface area contributed by atoms with E-state index < -0.39 is 0 Å². The lowest BCUT2D eigenvalue weighted by atomic mass is 9.98. The van der Waals surface area contributed by atoms with E-state index >= 15 is 0 Å². The molecule has 0 heterocycles. The van der Waals surface area contributed by atoms with E-state index in [2.05, 4.69) is 51.7 Å². The summed E-state index contributed by atoms with van der Waals surface area (Å²) in [7, 11) is 0. The van der Waals surface area contributed by atoms with E-state index in [0.717, 1.165) is 18.7 Å². The normalized spacial score (nSPS) is 10.5. The molecule has 0 saturated carbocycles. The highest BCUT2D eigenvalue weighted by atomic mass is 32.1. The van der Waals surface area contributed by atoms with Crippen LogP contribution in [0, 0.1) is 27.7 Å². The topological polar surface area (TPSA) is 12.0 Å². The molecule has 0 aliphatic heterocycles. The fourth-order valence-corrected chi connectivity index (χ4v) is 1.93. The molecule has 15 heavy (non-hydrogen) atoms. The number of hydrogen-bond acceptors (Lipinski definition) is 2. The Morgan fingerprint density at radius 1 is 1.07 bits per heavy atom. The van der Waals surface area contributed by atoms with Crippen molar-refractivity contribution < 1.29 is 0 Å². The van der Waals surface area contributed by atoms with Crippen molar-refractivity contribution in [3.05, 3.63) is 28.3 Å². The molecule has 0 spiro atoms. The molecular formula is C13H21NS. The molecule has 0 atom stereocenters. The molecule has 1 N–H and O–H groups in total. The van der Waals surface area contributed by atoms with Crippen molar-refractivity contribution in [1.29, 1.82) is 0 Å². The standard InChI is InChI=1S/C13H21NS/c1-9-8-10(2)12(4)13(11(9)3)14-6-5-7-15/h8,14-15H,5-7H2,1-4H3. The third-order valence-corrected chi connectivity index (χ3v) is 3.32. The maximum atomic E-state index is 4.22. The molecule has 0 aliphatic carbocycles. The summed E-state index contributed by atoms with van der Waals surface area (Å²) in [5.41, 5.74) is 6.79. The van der Waals surface area contributed by atoms with Crippen molar-refractivity contribution in [2.75, 3.05) is 17.6 Å². The smallest absolute Gasteiger partial charge is 0.0404 e. The quantitative estimate of drug-likeness (QED) is 0.586. The van der Waals surface area contributed by atoms with E-state index in [1.807, 2.05) is 0 Å². The summed E-state index contributed by atoms with van der Waals surface area (Å²) < 4.78 is 0. The zero-order valence-corrected chi connectivity index (χ0v) is 11.0. The number of anilines is 1. The third-order valence-electron chi connectivity index (χ3n) is 3.00. The monoisotopic (exact) mass is 223 g/mol. The Hall–Kier alpha value is -0.630. The maximum Gasteiger partial charge on any atom is 0.0404 e. The molecule has 0 fully saturated rings. The van der Waals surface area contributed by atoms with Crippen molar-refractivity contribution in [3.63, 3.8) is 0 Å². The summed E-state index contributed by atoms with van der Waals surface area (Å²) in [4.78, 5) is 0. The van der Waals surface area contributed by atoms with Gasteiger partial charge in [-0.05, 0) is 62.1 Å². The van der Waals surface area contributed by atoms with Crippen LogP contribution in [-0.2, 0) is 0 Å². The second kappa shape index (κ2) is 5.45. The molecule has 0 saturated heterocycles. The number of rotatable bonds is 4. The lowest BCUT2D eigenvalue weighted by molar-refractivity contribution is 0.987.